The minimum Gasteiger partial charge on any atom is -0.460 e. The highest BCUT2D eigenvalue weighted by Crippen LogP contribution is 2.05. The molecule has 0 fully saturated rings. The average Bonchev–Trinajstić information content (AvgIpc) is 2.28. The molecule has 0 saturated heterocycles. The Morgan fingerprint density at radius 1 is 1.44 bits per heavy atom. The summed E-state index contributed by atoms with van der Waals surface area (Å²) in [6, 6.07) is 9.00. The Morgan fingerprint density at radius 2 is 2.06 bits per heavy atom. The number of esters is 1. The molecule has 0 heterocycles. The van der Waals surface area contributed by atoms with Crippen LogP contribution < -0.4 is 5.73 Å². The molecule has 1 aromatic rings. The summed E-state index contributed by atoms with van der Waals surface area (Å²) in [5.41, 5.74) is 5.84. The lowest BCUT2D eigenvalue weighted by Gasteiger charge is -2.12. The molecule has 3 N–H and O–H groups in total. The molecular weight excluding hydrogens is 210 g/mol. The minimum atomic E-state index is -1.53. The first-order valence-electron chi connectivity index (χ1n) is 4.74. The Morgan fingerprint density at radius 3 is 2.56 bits per heavy atom. The molecule has 5 heteroatoms. The van der Waals surface area contributed by atoms with Gasteiger partial charge in [0.05, 0.1) is 0 Å². The molecule has 16 heavy (non-hydrogen) atoms. The van der Waals surface area contributed by atoms with Crippen LogP contribution in [0.4, 0.5) is 0 Å². The molecule has 1 rings (SSSR count). The van der Waals surface area contributed by atoms with Crippen LogP contribution in [0.2, 0.25) is 0 Å². The highest BCUT2D eigenvalue weighted by atomic mass is 16.5. The fourth-order valence-corrected chi connectivity index (χ4v) is 1.10. The first-order chi connectivity index (χ1) is 7.65. The standard InChI is InChI=1S/C11H13NO4/c12-10(14)9(6-13)11(15)16-7-8-4-2-1-3-5-8/h1-6,9-10,14H,7,12H2. The first-order valence-corrected chi connectivity index (χ1v) is 4.74. The summed E-state index contributed by atoms with van der Waals surface area (Å²) >= 11 is 0. The van der Waals surface area contributed by atoms with Crippen molar-refractivity contribution >= 4 is 12.3 Å². The van der Waals surface area contributed by atoms with Crippen molar-refractivity contribution < 1.29 is 19.4 Å². The number of rotatable bonds is 5. The zero-order valence-corrected chi connectivity index (χ0v) is 8.58. The van der Waals surface area contributed by atoms with Gasteiger partial charge in [-0.25, -0.2) is 0 Å². The monoisotopic (exact) mass is 223 g/mol. The Labute approximate surface area is 92.8 Å². The molecule has 0 aromatic heterocycles. The third kappa shape index (κ3) is 3.45. The molecule has 0 aliphatic carbocycles. The van der Waals surface area contributed by atoms with Gasteiger partial charge in [0, 0.05) is 0 Å². The summed E-state index contributed by atoms with van der Waals surface area (Å²) in [5, 5.41) is 8.93. The zero-order chi connectivity index (χ0) is 12.0. The Balaban J connectivity index is 2.49. The number of nitrogens with two attached hydrogens (primary N) is 1. The van der Waals surface area contributed by atoms with Crippen molar-refractivity contribution in [2.75, 3.05) is 0 Å². The third-order valence-corrected chi connectivity index (χ3v) is 2.01. The van der Waals surface area contributed by atoms with Gasteiger partial charge in [-0.1, -0.05) is 30.3 Å². The second kappa shape index (κ2) is 5.99. The predicted molar refractivity (Wildman–Crippen MR) is 56.0 cm³/mol. The topological polar surface area (TPSA) is 89.6 Å². The van der Waals surface area contributed by atoms with Gasteiger partial charge in [-0.3, -0.25) is 4.79 Å². The third-order valence-electron chi connectivity index (χ3n) is 2.01. The van der Waals surface area contributed by atoms with Gasteiger partial charge >= 0.3 is 5.97 Å². The van der Waals surface area contributed by atoms with Gasteiger partial charge in [-0.15, -0.1) is 0 Å². The molecule has 0 aliphatic rings. The number of benzene rings is 1. The molecule has 5 nitrogen and oxygen atoms in total. The second-order valence-electron chi connectivity index (χ2n) is 3.25. The summed E-state index contributed by atoms with van der Waals surface area (Å²) in [7, 11) is 0. The molecule has 2 unspecified atom stereocenters. The average molecular weight is 223 g/mol. The molecule has 0 amide bonds. The lowest BCUT2D eigenvalue weighted by atomic mass is 10.1. The molecule has 1 aromatic carbocycles. The van der Waals surface area contributed by atoms with Crippen molar-refractivity contribution in [2.24, 2.45) is 11.7 Å². The quantitative estimate of drug-likeness (QED) is 0.313. The van der Waals surface area contributed by atoms with E-state index in [0.29, 0.717) is 0 Å². The van der Waals surface area contributed by atoms with E-state index in [9.17, 15) is 9.59 Å². The Bertz CT molecular complexity index is 350. The van der Waals surface area contributed by atoms with E-state index in [0.717, 1.165) is 5.56 Å². The van der Waals surface area contributed by atoms with Gasteiger partial charge in [-0.05, 0) is 5.56 Å². The van der Waals surface area contributed by atoms with Crippen LogP contribution in [0.1, 0.15) is 5.56 Å². The summed E-state index contributed by atoms with van der Waals surface area (Å²) in [4.78, 5) is 21.8. The molecule has 0 spiro atoms. The van der Waals surface area contributed by atoms with E-state index in [4.69, 9.17) is 15.6 Å². The fraction of sp³-hybridized carbons (Fsp3) is 0.273. The lowest BCUT2D eigenvalue weighted by molar-refractivity contribution is -0.154. The van der Waals surface area contributed by atoms with Crippen molar-refractivity contribution in [3.05, 3.63) is 35.9 Å². The molecule has 86 valence electrons. The molecule has 0 bridgehead atoms. The maximum atomic E-state index is 11.3. The van der Waals surface area contributed by atoms with E-state index in [2.05, 4.69) is 0 Å². The number of aldehydes is 1. The van der Waals surface area contributed by atoms with Crippen molar-refractivity contribution in [2.45, 2.75) is 12.8 Å². The summed E-state index contributed by atoms with van der Waals surface area (Å²) in [6.07, 6.45) is -1.25. The highest BCUT2D eigenvalue weighted by Gasteiger charge is 2.24. The molecule has 0 saturated carbocycles. The Kier molecular flexibility index (Phi) is 4.63. The molecular formula is C11H13NO4. The maximum Gasteiger partial charge on any atom is 0.320 e. The van der Waals surface area contributed by atoms with Crippen molar-refractivity contribution in [3.63, 3.8) is 0 Å². The summed E-state index contributed by atoms with van der Waals surface area (Å²) in [5.74, 6) is -2.16. The van der Waals surface area contributed by atoms with Crippen LogP contribution in [0.15, 0.2) is 30.3 Å². The van der Waals surface area contributed by atoms with E-state index in [1.165, 1.54) is 0 Å². The van der Waals surface area contributed by atoms with Gasteiger partial charge in [0.1, 0.15) is 19.1 Å². The zero-order valence-electron chi connectivity index (χ0n) is 8.58. The normalized spacial score (nSPS) is 13.9. The number of aliphatic hydroxyl groups is 1. The number of carbonyl (C=O) groups is 2. The van der Waals surface area contributed by atoms with Crippen LogP contribution >= 0.6 is 0 Å². The predicted octanol–water partition coefficient (Wildman–Crippen LogP) is -0.178. The van der Waals surface area contributed by atoms with E-state index >= 15 is 0 Å². The summed E-state index contributed by atoms with van der Waals surface area (Å²) < 4.78 is 4.83. The molecule has 2 atom stereocenters. The first kappa shape index (κ1) is 12.4. The van der Waals surface area contributed by atoms with E-state index in [-0.39, 0.29) is 12.9 Å². The maximum absolute atomic E-state index is 11.3. The van der Waals surface area contributed by atoms with Crippen LogP contribution in [0.3, 0.4) is 0 Å². The number of aliphatic hydroxyl groups excluding tert-OH is 1. The van der Waals surface area contributed by atoms with Crippen molar-refractivity contribution in [1.82, 2.24) is 0 Å². The lowest BCUT2D eigenvalue weighted by Crippen LogP contribution is -2.37. The van der Waals surface area contributed by atoms with E-state index in [1.54, 1.807) is 24.3 Å². The smallest absolute Gasteiger partial charge is 0.320 e. The van der Waals surface area contributed by atoms with Crippen molar-refractivity contribution in [3.8, 4) is 0 Å². The van der Waals surface area contributed by atoms with Gasteiger partial charge in [0.15, 0.2) is 5.92 Å². The number of carbonyl (C=O) groups excluding carboxylic acids is 2. The SMILES string of the molecule is NC(O)C(C=O)C(=O)OCc1ccccc1. The van der Waals surface area contributed by atoms with Gasteiger partial charge in [-0.2, -0.15) is 0 Å². The fourth-order valence-electron chi connectivity index (χ4n) is 1.10. The van der Waals surface area contributed by atoms with Gasteiger partial charge < -0.3 is 20.4 Å². The van der Waals surface area contributed by atoms with Crippen molar-refractivity contribution in [1.29, 1.82) is 0 Å². The molecule has 0 aliphatic heterocycles. The Hall–Kier alpha value is -1.72. The van der Waals surface area contributed by atoms with Crippen LogP contribution in [-0.4, -0.2) is 23.6 Å². The molecule has 0 radical (unpaired) electrons. The van der Waals surface area contributed by atoms with Gasteiger partial charge in [0.2, 0.25) is 0 Å². The summed E-state index contributed by atoms with van der Waals surface area (Å²) in [6.45, 7) is 0.0523. The van der Waals surface area contributed by atoms with Crippen LogP contribution in [0.5, 0.6) is 0 Å². The number of hydrogen-bond acceptors (Lipinski definition) is 5. The van der Waals surface area contributed by atoms with Gasteiger partial charge in [0.25, 0.3) is 0 Å². The van der Waals surface area contributed by atoms with E-state index in [1.807, 2.05) is 6.07 Å². The number of ether oxygens (including phenoxy) is 1. The second-order valence-corrected chi connectivity index (χ2v) is 3.25. The van der Waals surface area contributed by atoms with Crippen LogP contribution in [0.25, 0.3) is 0 Å². The van der Waals surface area contributed by atoms with Crippen LogP contribution in [0, 0.1) is 5.92 Å². The minimum absolute atomic E-state index is 0.0523. The van der Waals surface area contributed by atoms with Crippen LogP contribution in [-0.2, 0) is 20.9 Å². The van der Waals surface area contributed by atoms with E-state index < -0.39 is 18.1 Å². The highest BCUT2D eigenvalue weighted by molar-refractivity contribution is 5.88. The largest absolute Gasteiger partial charge is 0.460 e. The number of hydrogen-bond donors (Lipinski definition) is 2.